The van der Waals surface area contributed by atoms with Crippen LogP contribution in [0, 0.1) is 0 Å². The number of nitrogens with one attached hydrogen (secondary N) is 2. The largest absolute Gasteiger partial charge is 0.459 e. The second-order valence-corrected chi connectivity index (χ2v) is 9.52. The highest BCUT2D eigenvalue weighted by Gasteiger charge is 2.39. The van der Waals surface area contributed by atoms with E-state index in [2.05, 4.69) is 10.6 Å². The lowest BCUT2D eigenvalue weighted by molar-refractivity contribution is -0.120. The van der Waals surface area contributed by atoms with E-state index in [4.69, 9.17) is 16.3 Å². The first-order valence-electron chi connectivity index (χ1n) is 12.0. The molecule has 1 aliphatic carbocycles. The third-order valence-electron chi connectivity index (χ3n) is 6.09. The predicted octanol–water partition coefficient (Wildman–Crippen LogP) is 4.75. The minimum Gasteiger partial charge on any atom is -0.459 e. The summed E-state index contributed by atoms with van der Waals surface area (Å²) in [6, 6.07) is 12.8. The molecular weight excluding hydrogens is 482 g/mol. The van der Waals surface area contributed by atoms with E-state index in [-0.39, 0.29) is 34.5 Å². The van der Waals surface area contributed by atoms with Crippen LogP contribution >= 0.6 is 11.6 Å². The number of hydrogen-bond acceptors (Lipinski definition) is 6. The summed E-state index contributed by atoms with van der Waals surface area (Å²) < 4.78 is 5.15. The van der Waals surface area contributed by atoms with Gasteiger partial charge in [0.15, 0.2) is 0 Å². The molecule has 1 aliphatic heterocycles. The van der Waals surface area contributed by atoms with Crippen molar-refractivity contribution in [2.24, 2.45) is 0 Å². The van der Waals surface area contributed by atoms with E-state index in [9.17, 15) is 19.2 Å². The van der Waals surface area contributed by atoms with E-state index in [0.29, 0.717) is 16.8 Å². The van der Waals surface area contributed by atoms with Crippen LogP contribution in [0.25, 0.3) is 0 Å². The normalized spacial score (nSPS) is 16.5. The molecule has 0 unspecified atom stereocenters. The highest BCUT2D eigenvalue weighted by atomic mass is 35.5. The van der Waals surface area contributed by atoms with Crippen molar-refractivity contribution in [3.8, 4) is 0 Å². The van der Waals surface area contributed by atoms with Crippen LogP contribution in [0.3, 0.4) is 0 Å². The molecule has 3 amide bonds. The van der Waals surface area contributed by atoms with Crippen molar-refractivity contribution in [2.75, 3.05) is 10.2 Å². The van der Waals surface area contributed by atoms with Crippen LogP contribution in [-0.2, 0) is 14.3 Å². The quantitative estimate of drug-likeness (QED) is 0.412. The summed E-state index contributed by atoms with van der Waals surface area (Å²) in [7, 11) is 0. The molecule has 2 aromatic rings. The second-order valence-electron chi connectivity index (χ2n) is 9.15. The number of benzene rings is 2. The fourth-order valence-electron chi connectivity index (χ4n) is 4.24. The SMILES string of the molecule is CC(C)OC(=O)c1ccc(N2C(=O)C(Cl)=C(Nc3ccc(C(=O)NC4CCCCC4)cc3)C2=O)cc1. The van der Waals surface area contributed by atoms with Gasteiger partial charge in [0.1, 0.15) is 10.7 Å². The first kappa shape index (κ1) is 25.4. The second kappa shape index (κ2) is 11.0. The van der Waals surface area contributed by atoms with E-state index >= 15 is 0 Å². The van der Waals surface area contributed by atoms with Crippen molar-refractivity contribution in [2.45, 2.75) is 58.1 Å². The Labute approximate surface area is 214 Å². The number of halogens is 1. The molecule has 1 saturated carbocycles. The molecule has 1 heterocycles. The summed E-state index contributed by atoms with van der Waals surface area (Å²) in [6.45, 7) is 3.49. The summed E-state index contributed by atoms with van der Waals surface area (Å²) in [6.07, 6.45) is 5.19. The summed E-state index contributed by atoms with van der Waals surface area (Å²) in [5, 5.41) is 5.72. The zero-order valence-electron chi connectivity index (χ0n) is 20.2. The third-order valence-corrected chi connectivity index (χ3v) is 6.44. The van der Waals surface area contributed by atoms with Crippen molar-refractivity contribution >= 4 is 46.7 Å². The molecule has 2 N–H and O–H groups in total. The lowest BCUT2D eigenvalue weighted by atomic mass is 9.95. The van der Waals surface area contributed by atoms with Crippen molar-refractivity contribution < 1.29 is 23.9 Å². The Balaban J connectivity index is 1.42. The fourth-order valence-corrected chi connectivity index (χ4v) is 4.45. The maximum atomic E-state index is 13.0. The summed E-state index contributed by atoms with van der Waals surface area (Å²) in [5.41, 5.74) is 1.53. The maximum Gasteiger partial charge on any atom is 0.338 e. The minimum atomic E-state index is -0.676. The Bertz CT molecular complexity index is 1200. The summed E-state index contributed by atoms with van der Waals surface area (Å²) in [4.78, 5) is 51.3. The van der Waals surface area contributed by atoms with Crippen molar-refractivity contribution in [3.63, 3.8) is 0 Å². The molecule has 0 radical (unpaired) electrons. The van der Waals surface area contributed by atoms with Gasteiger partial charge in [0, 0.05) is 17.3 Å². The molecule has 188 valence electrons. The van der Waals surface area contributed by atoms with Crippen molar-refractivity contribution in [1.29, 1.82) is 0 Å². The topological polar surface area (TPSA) is 105 Å². The van der Waals surface area contributed by atoms with Gasteiger partial charge in [-0.05, 0) is 75.2 Å². The van der Waals surface area contributed by atoms with Crippen LogP contribution in [0.4, 0.5) is 11.4 Å². The van der Waals surface area contributed by atoms with Gasteiger partial charge >= 0.3 is 5.97 Å². The lowest BCUT2D eigenvalue weighted by Gasteiger charge is -2.22. The van der Waals surface area contributed by atoms with Gasteiger partial charge in [-0.3, -0.25) is 14.4 Å². The molecule has 0 bridgehead atoms. The van der Waals surface area contributed by atoms with E-state index in [1.807, 2.05) is 0 Å². The third kappa shape index (κ3) is 5.60. The average Bonchev–Trinajstić information content (AvgIpc) is 3.07. The summed E-state index contributed by atoms with van der Waals surface area (Å²) >= 11 is 6.21. The summed E-state index contributed by atoms with van der Waals surface area (Å²) in [5.74, 6) is -1.93. The zero-order chi connectivity index (χ0) is 25.8. The number of imide groups is 1. The molecule has 0 spiro atoms. The first-order chi connectivity index (χ1) is 17.2. The van der Waals surface area contributed by atoms with Crippen molar-refractivity contribution in [1.82, 2.24) is 5.32 Å². The number of amides is 3. The molecule has 8 nitrogen and oxygen atoms in total. The number of hydrogen-bond donors (Lipinski definition) is 2. The van der Waals surface area contributed by atoms with Gasteiger partial charge in [-0.25, -0.2) is 9.69 Å². The number of carbonyl (C=O) groups is 4. The molecule has 1 fully saturated rings. The maximum absolute atomic E-state index is 13.0. The lowest BCUT2D eigenvalue weighted by Crippen LogP contribution is -2.36. The molecule has 0 saturated heterocycles. The first-order valence-corrected chi connectivity index (χ1v) is 12.4. The van der Waals surface area contributed by atoms with E-state index in [0.717, 1.165) is 30.6 Å². The Hall–Kier alpha value is -3.65. The Morgan fingerprint density at radius 3 is 2.14 bits per heavy atom. The number of nitrogens with zero attached hydrogens (tertiary/aromatic N) is 1. The molecule has 0 aromatic heterocycles. The predicted molar refractivity (Wildman–Crippen MR) is 137 cm³/mol. The number of esters is 1. The molecule has 9 heteroatoms. The fraction of sp³-hybridized carbons (Fsp3) is 0.333. The smallest absolute Gasteiger partial charge is 0.338 e. The van der Waals surface area contributed by atoms with Gasteiger partial charge in [-0.15, -0.1) is 0 Å². The van der Waals surface area contributed by atoms with Gasteiger partial charge < -0.3 is 15.4 Å². The molecule has 0 atom stereocenters. The van der Waals surface area contributed by atoms with Crippen LogP contribution in [0.1, 0.15) is 66.7 Å². The Morgan fingerprint density at radius 1 is 0.917 bits per heavy atom. The van der Waals surface area contributed by atoms with Gasteiger partial charge in [0.05, 0.1) is 17.4 Å². The van der Waals surface area contributed by atoms with Crippen LogP contribution in [0.15, 0.2) is 59.3 Å². The van der Waals surface area contributed by atoms with E-state index in [1.54, 1.807) is 38.1 Å². The van der Waals surface area contributed by atoms with Crippen molar-refractivity contribution in [3.05, 3.63) is 70.4 Å². The van der Waals surface area contributed by atoms with E-state index < -0.39 is 17.8 Å². The van der Waals surface area contributed by atoms with Gasteiger partial charge in [0.25, 0.3) is 17.7 Å². The number of ether oxygens (including phenoxy) is 1. The van der Waals surface area contributed by atoms with E-state index in [1.165, 1.54) is 30.7 Å². The van der Waals surface area contributed by atoms with Crippen LogP contribution < -0.4 is 15.5 Å². The van der Waals surface area contributed by atoms with Gasteiger partial charge in [0.2, 0.25) is 0 Å². The highest BCUT2D eigenvalue weighted by Crippen LogP contribution is 2.30. The van der Waals surface area contributed by atoms with Crippen LogP contribution in [-0.4, -0.2) is 35.8 Å². The highest BCUT2D eigenvalue weighted by molar-refractivity contribution is 6.53. The van der Waals surface area contributed by atoms with Gasteiger partial charge in [-0.2, -0.15) is 0 Å². The van der Waals surface area contributed by atoms with Gasteiger partial charge in [-0.1, -0.05) is 30.9 Å². The number of anilines is 2. The standard InChI is InChI=1S/C27H28ClN3O5/c1-16(2)36-27(35)18-10-14-21(15-11-18)31-25(33)22(28)23(26(31)34)29-20-12-8-17(9-13-20)24(32)30-19-6-4-3-5-7-19/h8-16,19,29H,3-7H2,1-2H3,(H,30,32). The number of rotatable bonds is 7. The Kier molecular flexibility index (Phi) is 7.74. The zero-order valence-corrected chi connectivity index (χ0v) is 20.9. The molecule has 2 aliphatic rings. The van der Waals surface area contributed by atoms with Crippen LogP contribution in [0.5, 0.6) is 0 Å². The molecular formula is C27H28ClN3O5. The number of carbonyl (C=O) groups excluding carboxylic acids is 4. The molecule has 36 heavy (non-hydrogen) atoms. The van der Waals surface area contributed by atoms with Crippen LogP contribution in [0.2, 0.25) is 0 Å². The molecule has 2 aromatic carbocycles. The average molecular weight is 510 g/mol. The minimum absolute atomic E-state index is 0.0654. The molecule has 4 rings (SSSR count). The monoisotopic (exact) mass is 509 g/mol. The Morgan fingerprint density at radius 2 is 1.53 bits per heavy atom.